The Labute approximate surface area is 164 Å². The van der Waals surface area contributed by atoms with Crippen LogP contribution in [0.25, 0.3) is 0 Å². The number of anilines is 2. The first kappa shape index (κ1) is 19.7. The fourth-order valence-electron chi connectivity index (χ4n) is 2.11. The minimum Gasteiger partial charge on any atom is -0.280 e. The van der Waals surface area contributed by atoms with E-state index < -0.39 is 25.0 Å². The van der Waals surface area contributed by atoms with E-state index in [1.807, 2.05) is 0 Å². The fraction of sp³-hybridized carbons (Fsp3) is 0. The molecule has 0 radical (unpaired) electrons. The van der Waals surface area contributed by atoms with E-state index in [-0.39, 0.29) is 26.3 Å². The van der Waals surface area contributed by atoms with Crippen LogP contribution in [0.4, 0.5) is 16.5 Å². The molecule has 10 nitrogen and oxygen atoms in total. The number of nitrogens with one attached hydrogen (secondary N) is 2. The van der Waals surface area contributed by atoms with Crippen molar-refractivity contribution in [2.75, 3.05) is 9.44 Å². The van der Waals surface area contributed by atoms with E-state index in [9.17, 15) is 26.9 Å². The van der Waals surface area contributed by atoms with Gasteiger partial charge in [0, 0.05) is 29.4 Å². The summed E-state index contributed by atoms with van der Waals surface area (Å²) < 4.78 is 53.8. The smallest absolute Gasteiger partial charge is 0.269 e. The fourth-order valence-corrected chi connectivity index (χ4v) is 4.96. The predicted molar refractivity (Wildman–Crippen MR) is 103 cm³/mol. The summed E-state index contributed by atoms with van der Waals surface area (Å²) in [5.41, 5.74) is -0.104. The number of rotatable bonds is 7. The third-order valence-electron chi connectivity index (χ3n) is 3.43. The first-order chi connectivity index (χ1) is 13.2. The summed E-state index contributed by atoms with van der Waals surface area (Å²) in [5.74, 6) is 0. The predicted octanol–water partition coefficient (Wildman–Crippen LogP) is 2.65. The number of aromatic nitrogens is 1. The molecule has 0 aliphatic carbocycles. The lowest BCUT2D eigenvalue weighted by atomic mass is 10.3. The van der Waals surface area contributed by atoms with Gasteiger partial charge in [-0.3, -0.25) is 19.6 Å². The lowest BCUT2D eigenvalue weighted by Crippen LogP contribution is -2.14. The van der Waals surface area contributed by atoms with E-state index in [1.165, 1.54) is 30.5 Å². The van der Waals surface area contributed by atoms with Crippen LogP contribution in [0.5, 0.6) is 0 Å². The zero-order valence-electron chi connectivity index (χ0n) is 13.8. The van der Waals surface area contributed by atoms with E-state index in [0.29, 0.717) is 0 Å². The molecule has 2 N–H and O–H groups in total. The SMILES string of the molecule is O=[N+]([O-])c1ccc(S(=O)(=O)Nc2ccc(S(=O)(=O)Nc3nccs3)cc2)cc1. The van der Waals surface area contributed by atoms with Gasteiger partial charge < -0.3 is 0 Å². The van der Waals surface area contributed by atoms with Crippen LogP contribution in [-0.2, 0) is 20.0 Å². The monoisotopic (exact) mass is 440 g/mol. The van der Waals surface area contributed by atoms with E-state index in [2.05, 4.69) is 14.4 Å². The Hall–Kier alpha value is -3.03. The maximum absolute atomic E-state index is 12.4. The van der Waals surface area contributed by atoms with Gasteiger partial charge >= 0.3 is 0 Å². The Morgan fingerprint density at radius 1 is 0.857 bits per heavy atom. The number of nitro benzene ring substituents is 1. The third kappa shape index (κ3) is 4.44. The molecule has 0 spiro atoms. The Morgan fingerprint density at radius 3 is 1.89 bits per heavy atom. The van der Waals surface area contributed by atoms with Crippen molar-refractivity contribution in [3.05, 3.63) is 70.2 Å². The zero-order chi connectivity index (χ0) is 20.4. The molecule has 0 unspecified atom stereocenters. The normalized spacial score (nSPS) is 11.7. The second-order valence-corrected chi connectivity index (χ2v) is 9.58. The molecule has 0 aliphatic rings. The van der Waals surface area contributed by atoms with Crippen molar-refractivity contribution < 1.29 is 21.8 Å². The van der Waals surface area contributed by atoms with Gasteiger partial charge in [0.25, 0.3) is 25.7 Å². The molecule has 1 aromatic heterocycles. The second-order valence-electron chi connectivity index (χ2n) is 5.32. The Kier molecular flexibility index (Phi) is 5.31. The summed E-state index contributed by atoms with van der Waals surface area (Å²) >= 11 is 1.12. The van der Waals surface area contributed by atoms with Crippen LogP contribution in [-0.4, -0.2) is 26.7 Å². The van der Waals surface area contributed by atoms with Gasteiger partial charge in [-0.2, -0.15) is 0 Å². The van der Waals surface area contributed by atoms with Crippen LogP contribution in [0, 0.1) is 10.1 Å². The Bertz CT molecular complexity index is 1190. The molecule has 13 heteroatoms. The summed E-state index contributed by atoms with van der Waals surface area (Å²) in [6.07, 6.45) is 1.46. The molecule has 2 aromatic carbocycles. The minimum atomic E-state index is -3.99. The highest BCUT2D eigenvalue weighted by molar-refractivity contribution is 7.93. The van der Waals surface area contributed by atoms with E-state index in [4.69, 9.17) is 0 Å². The molecule has 0 aliphatic heterocycles. The van der Waals surface area contributed by atoms with Crippen LogP contribution in [0.15, 0.2) is 69.9 Å². The maximum Gasteiger partial charge on any atom is 0.269 e. The Morgan fingerprint density at radius 2 is 1.39 bits per heavy atom. The van der Waals surface area contributed by atoms with Gasteiger partial charge in [-0.05, 0) is 36.4 Å². The average molecular weight is 440 g/mol. The Balaban J connectivity index is 1.77. The largest absolute Gasteiger partial charge is 0.280 e. The van der Waals surface area contributed by atoms with E-state index >= 15 is 0 Å². The lowest BCUT2D eigenvalue weighted by Gasteiger charge is -2.09. The lowest BCUT2D eigenvalue weighted by molar-refractivity contribution is -0.384. The molecule has 1 heterocycles. The number of thiazole rings is 1. The molecule has 0 saturated carbocycles. The topological polar surface area (TPSA) is 148 Å². The van der Waals surface area contributed by atoms with Crippen molar-refractivity contribution in [1.82, 2.24) is 4.98 Å². The van der Waals surface area contributed by atoms with Crippen molar-refractivity contribution >= 4 is 47.9 Å². The summed E-state index contributed by atoms with van der Waals surface area (Å²) in [6.45, 7) is 0. The van der Waals surface area contributed by atoms with Gasteiger partial charge in [-0.25, -0.2) is 21.8 Å². The summed E-state index contributed by atoms with van der Waals surface area (Å²) in [6, 6.07) is 9.43. The van der Waals surface area contributed by atoms with E-state index in [1.54, 1.807) is 5.38 Å². The standard InChI is InChI=1S/C15H12N4O6S3/c20-19(21)12-3-7-14(8-4-12)27(22,23)17-11-1-5-13(6-2-11)28(24,25)18-15-16-9-10-26-15/h1-10,17H,(H,16,18). The van der Waals surface area contributed by atoms with Crippen LogP contribution in [0.2, 0.25) is 0 Å². The van der Waals surface area contributed by atoms with Crippen molar-refractivity contribution in [3.8, 4) is 0 Å². The quantitative estimate of drug-likeness (QED) is 0.424. The maximum atomic E-state index is 12.4. The zero-order valence-corrected chi connectivity index (χ0v) is 16.3. The van der Waals surface area contributed by atoms with Crippen LogP contribution in [0.1, 0.15) is 0 Å². The number of nitrogens with zero attached hydrogens (tertiary/aromatic N) is 2. The van der Waals surface area contributed by atoms with Crippen molar-refractivity contribution in [2.24, 2.45) is 0 Å². The molecule has 146 valence electrons. The molecule has 0 saturated heterocycles. The van der Waals surface area contributed by atoms with Crippen molar-refractivity contribution in [1.29, 1.82) is 0 Å². The molecule has 0 bridgehead atoms. The molecule has 0 fully saturated rings. The highest BCUT2D eigenvalue weighted by Crippen LogP contribution is 2.22. The number of benzene rings is 2. The van der Waals surface area contributed by atoms with Crippen LogP contribution in [0.3, 0.4) is 0 Å². The van der Waals surface area contributed by atoms with Crippen molar-refractivity contribution in [3.63, 3.8) is 0 Å². The second kappa shape index (κ2) is 7.53. The van der Waals surface area contributed by atoms with E-state index in [0.717, 1.165) is 35.6 Å². The minimum absolute atomic E-state index is 0.0685. The van der Waals surface area contributed by atoms with Gasteiger partial charge in [0.2, 0.25) is 0 Å². The van der Waals surface area contributed by atoms with Gasteiger partial charge in [0.1, 0.15) is 0 Å². The molecule has 28 heavy (non-hydrogen) atoms. The third-order valence-corrected chi connectivity index (χ3v) is 7.00. The summed E-state index contributed by atoms with van der Waals surface area (Å²) in [4.78, 5) is 13.6. The number of hydrogen-bond acceptors (Lipinski definition) is 8. The molecule has 0 atom stereocenters. The van der Waals surface area contributed by atoms with Gasteiger partial charge in [0.15, 0.2) is 5.13 Å². The van der Waals surface area contributed by atoms with Crippen LogP contribution >= 0.6 is 11.3 Å². The first-order valence-corrected chi connectivity index (χ1v) is 11.3. The number of hydrogen-bond donors (Lipinski definition) is 2. The van der Waals surface area contributed by atoms with Crippen molar-refractivity contribution in [2.45, 2.75) is 9.79 Å². The molecule has 3 rings (SSSR count). The summed E-state index contributed by atoms with van der Waals surface area (Å²) in [5, 5.41) is 12.5. The molecular weight excluding hydrogens is 428 g/mol. The number of sulfonamides is 2. The van der Waals surface area contributed by atoms with Gasteiger partial charge in [-0.1, -0.05) is 0 Å². The van der Waals surface area contributed by atoms with Crippen LogP contribution < -0.4 is 9.44 Å². The summed E-state index contributed by atoms with van der Waals surface area (Å²) in [7, 11) is -7.84. The van der Waals surface area contributed by atoms with Gasteiger partial charge in [-0.15, -0.1) is 11.3 Å². The molecular formula is C15H12N4O6S3. The average Bonchev–Trinajstić information content (AvgIpc) is 3.14. The highest BCUT2D eigenvalue weighted by atomic mass is 32.2. The van der Waals surface area contributed by atoms with Gasteiger partial charge in [0.05, 0.1) is 14.7 Å². The molecule has 0 amide bonds. The number of non-ortho nitro benzene ring substituents is 1. The number of nitro groups is 1. The first-order valence-electron chi connectivity index (χ1n) is 7.47. The highest BCUT2D eigenvalue weighted by Gasteiger charge is 2.18. The molecule has 3 aromatic rings.